The number of nitriles is 1. The topological polar surface area (TPSA) is 103 Å². The maximum atomic E-state index is 14.3. The van der Waals surface area contributed by atoms with Crippen molar-refractivity contribution in [1.82, 2.24) is 14.9 Å². The van der Waals surface area contributed by atoms with Gasteiger partial charge in [0.15, 0.2) is 5.82 Å². The maximum absolute atomic E-state index is 14.3. The van der Waals surface area contributed by atoms with Gasteiger partial charge in [-0.3, -0.25) is 4.79 Å². The van der Waals surface area contributed by atoms with Crippen LogP contribution in [-0.4, -0.2) is 47.5 Å². The first kappa shape index (κ1) is 26.7. The van der Waals surface area contributed by atoms with Crippen LogP contribution in [0.4, 0.5) is 21.7 Å². The van der Waals surface area contributed by atoms with Gasteiger partial charge in [-0.1, -0.05) is 30.0 Å². The fourth-order valence-electron chi connectivity index (χ4n) is 2.92. The van der Waals surface area contributed by atoms with Gasteiger partial charge in [0.05, 0.1) is 19.0 Å². The molecule has 0 aliphatic rings. The molecule has 1 amide bonds. The van der Waals surface area contributed by atoms with Gasteiger partial charge in [-0.25, -0.2) is 14.4 Å². The largest absolute Gasteiger partial charge is 0.495 e. The molecule has 1 aromatic heterocycles. The zero-order valence-corrected chi connectivity index (χ0v) is 21.5. The van der Waals surface area contributed by atoms with Gasteiger partial charge >= 0.3 is 0 Å². The van der Waals surface area contributed by atoms with Crippen molar-refractivity contribution in [2.24, 2.45) is 0 Å². The van der Waals surface area contributed by atoms with Gasteiger partial charge in [-0.15, -0.1) is 0 Å². The summed E-state index contributed by atoms with van der Waals surface area (Å²) >= 11 is 1.18. The minimum atomic E-state index is -0.543. The molecule has 2 aromatic carbocycles. The Morgan fingerprint density at radius 1 is 1.22 bits per heavy atom. The lowest BCUT2D eigenvalue weighted by atomic mass is 10.00. The molecule has 3 aromatic rings. The van der Waals surface area contributed by atoms with Crippen LogP contribution in [0.2, 0.25) is 0 Å². The molecule has 1 heterocycles. The van der Waals surface area contributed by atoms with Gasteiger partial charge in [0.25, 0.3) is 5.91 Å². The number of rotatable bonds is 9. The van der Waals surface area contributed by atoms with Crippen molar-refractivity contribution in [2.45, 2.75) is 29.3 Å². The minimum Gasteiger partial charge on any atom is -0.495 e. The molecule has 0 unspecified atom stereocenters. The predicted molar refractivity (Wildman–Crippen MR) is 139 cm³/mol. The summed E-state index contributed by atoms with van der Waals surface area (Å²) in [6, 6.07) is 16.2. The lowest BCUT2D eigenvalue weighted by molar-refractivity contribution is -0.112. The summed E-state index contributed by atoms with van der Waals surface area (Å²) < 4.78 is 19.8. The molecular formula is C26H27FN6O2S. The maximum Gasteiger partial charge on any atom is 0.266 e. The Labute approximate surface area is 214 Å². The van der Waals surface area contributed by atoms with E-state index in [-0.39, 0.29) is 16.5 Å². The number of aromatic nitrogens is 2. The Kier molecular flexibility index (Phi) is 8.64. The number of ether oxygens (including phenoxy) is 1. The third-order valence-electron chi connectivity index (χ3n) is 5.39. The van der Waals surface area contributed by atoms with Crippen LogP contribution in [0.1, 0.15) is 13.8 Å². The number of amides is 1. The van der Waals surface area contributed by atoms with Crippen LogP contribution >= 0.6 is 11.8 Å². The van der Waals surface area contributed by atoms with Crippen LogP contribution in [0.25, 0.3) is 0 Å². The van der Waals surface area contributed by atoms with E-state index in [4.69, 9.17) is 4.74 Å². The van der Waals surface area contributed by atoms with Crippen LogP contribution in [0.15, 0.2) is 76.3 Å². The van der Waals surface area contributed by atoms with E-state index in [2.05, 4.69) is 20.6 Å². The molecule has 0 saturated heterocycles. The highest BCUT2D eigenvalue weighted by Crippen LogP contribution is 2.32. The van der Waals surface area contributed by atoms with Crippen molar-refractivity contribution < 1.29 is 13.9 Å². The van der Waals surface area contributed by atoms with Gasteiger partial charge in [-0.05, 0) is 64.4 Å². The van der Waals surface area contributed by atoms with Gasteiger partial charge in [0.2, 0.25) is 5.95 Å². The molecule has 0 radical (unpaired) electrons. The van der Waals surface area contributed by atoms with Crippen molar-refractivity contribution in [1.29, 1.82) is 5.26 Å². The van der Waals surface area contributed by atoms with E-state index in [0.717, 1.165) is 11.1 Å². The van der Waals surface area contributed by atoms with E-state index in [9.17, 15) is 14.4 Å². The highest BCUT2D eigenvalue weighted by molar-refractivity contribution is 7.99. The van der Waals surface area contributed by atoms with Crippen LogP contribution < -0.4 is 15.4 Å². The number of benzene rings is 2. The van der Waals surface area contributed by atoms with Crippen LogP contribution in [0.3, 0.4) is 0 Å². The smallest absolute Gasteiger partial charge is 0.266 e. The van der Waals surface area contributed by atoms with Crippen molar-refractivity contribution >= 4 is 35.0 Å². The van der Waals surface area contributed by atoms with Gasteiger partial charge in [-0.2, -0.15) is 5.26 Å². The third-order valence-corrected chi connectivity index (χ3v) is 6.38. The van der Waals surface area contributed by atoms with Crippen molar-refractivity contribution in [3.63, 3.8) is 0 Å². The van der Waals surface area contributed by atoms with Crippen LogP contribution in [0, 0.1) is 17.1 Å². The highest BCUT2D eigenvalue weighted by atomic mass is 32.2. The monoisotopic (exact) mass is 506 g/mol. The molecule has 3 rings (SSSR count). The number of nitrogens with zero attached hydrogens (tertiary/aromatic N) is 4. The second-order valence-corrected chi connectivity index (χ2v) is 9.54. The van der Waals surface area contributed by atoms with E-state index >= 15 is 0 Å². The average molecular weight is 507 g/mol. The zero-order chi connectivity index (χ0) is 26.3. The molecule has 0 atom stereocenters. The fraction of sp³-hybridized carbons (Fsp3) is 0.231. The second kappa shape index (κ2) is 11.7. The molecule has 0 saturated carbocycles. The summed E-state index contributed by atoms with van der Waals surface area (Å²) in [5.74, 6) is -0.466. The number of anilines is 3. The van der Waals surface area contributed by atoms with Crippen molar-refractivity contribution in [2.75, 3.05) is 31.8 Å². The molecule has 0 aliphatic heterocycles. The first-order valence-corrected chi connectivity index (χ1v) is 11.8. The zero-order valence-electron chi connectivity index (χ0n) is 20.7. The van der Waals surface area contributed by atoms with E-state index in [1.807, 2.05) is 69.2 Å². The summed E-state index contributed by atoms with van der Waals surface area (Å²) in [4.78, 5) is 23.8. The van der Waals surface area contributed by atoms with Gasteiger partial charge in [0.1, 0.15) is 22.4 Å². The van der Waals surface area contributed by atoms with Crippen LogP contribution in [0.5, 0.6) is 5.75 Å². The number of carbonyl (C=O) groups excluding carboxylic acids is 1. The number of hydrogen-bond donors (Lipinski definition) is 2. The third kappa shape index (κ3) is 6.81. The molecule has 10 heteroatoms. The number of carbonyl (C=O) groups is 1. The van der Waals surface area contributed by atoms with E-state index in [0.29, 0.717) is 17.1 Å². The molecule has 0 aliphatic carbocycles. The summed E-state index contributed by atoms with van der Waals surface area (Å²) in [5.41, 5.74) is 0.370. The van der Waals surface area contributed by atoms with E-state index in [1.165, 1.54) is 18.9 Å². The number of nitrogens with one attached hydrogen (secondary N) is 2. The molecular weight excluding hydrogens is 479 g/mol. The predicted octanol–water partition coefficient (Wildman–Crippen LogP) is 5.25. The molecule has 0 fully saturated rings. The Balaban J connectivity index is 1.84. The standard InChI is InChI=1S/C26H27FN6O2S/c1-26(2,33(3)4)14-17(15-28)23(34)30-18-11-12-22(35-5)21(13-18)31-25-29-16-20(27)24(32-25)36-19-9-7-6-8-10-19/h6-14,16H,1-5H3,(H,30,34)(H,29,31,32)/b17-14+. The van der Waals surface area contributed by atoms with E-state index in [1.54, 1.807) is 24.3 Å². The first-order valence-electron chi connectivity index (χ1n) is 10.9. The molecule has 0 spiro atoms. The Morgan fingerprint density at radius 3 is 2.58 bits per heavy atom. The van der Waals surface area contributed by atoms with Gasteiger partial charge < -0.3 is 20.3 Å². The Morgan fingerprint density at radius 2 is 1.94 bits per heavy atom. The number of hydrogen-bond acceptors (Lipinski definition) is 8. The fourth-order valence-corrected chi connectivity index (χ4v) is 3.72. The van der Waals surface area contributed by atoms with E-state index < -0.39 is 17.3 Å². The average Bonchev–Trinajstić information content (AvgIpc) is 2.85. The summed E-state index contributed by atoms with van der Waals surface area (Å²) in [5, 5.41) is 15.4. The number of methoxy groups -OCH3 is 1. The molecule has 0 bridgehead atoms. The quantitative estimate of drug-likeness (QED) is 0.231. The Hall–Kier alpha value is -3.94. The molecule has 186 valence electrons. The lowest BCUT2D eigenvalue weighted by Gasteiger charge is -2.29. The Bertz CT molecular complexity index is 1310. The normalized spacial score (nSPS) is 11.7. The summed E-state index contributed by atoms with van der Waals surface area (Å²) in [7, 11) is 5.24. The molecule has 36 heavy (non-hydrogen) atoms. The summed E-state index contributed by atoms with van der Waals surface area (Å²) in [6.07, 6.45) is 2.71. The summed E-state index contributed by atoms with van der Waals surface area (Å²) in [6.45, 7) is 3.81. The SMILES string of the molecule is COc1ccc(NC(=O)/C(C#N)=C/C(C)(C)N(C)C)cc1Nc1ncc(F)c(Sc2ccccc2)n1. The highest BCUT2D eigenvalue weighted by Gasteiger charge is 2.21. The minimum absolute atomic E-state index is 0.0107. The van der Waals surface area contributed by atoms with Crippen molar-refractivity contribution in [3.8, 4) is 11.8 Å². The number of likely N-dealkylation sites (N-methyl/N-ethyl adjacent to an activating group) is 1. The molecule has 8 nitrogen and oxygen atoms in total. The first-order chi connectivity index (χ1) is 17.1. The molecule has 2 N–H and O–H groups in total. The second-order valence-electron chi connectivity index (χ2n) is 8.47. The van der Waals surface area contributed by atoms with Crippen molar-refractivity contribution in [3.05, 3.63) is 72.2 Å². The van der Waals surface area contributed by atoms with Crippen LogP contribution in [-0.2, 0) is 4.79 Å². The lowest BCUT2D eigenvalue weighted by Crippen LogP contribution is -2.37. The van der Waals surface area contributed by atoms with Gasteiger partial charge in [0, 0.05) is 16.1 Å². The number of halogens is 1.